The van der Waals surface area contributed by atoms with Crippen molar-refractivity contribution in [2.24, 2.45) is 0 Å². The first-order valence-corrected chi connectivity index (χ1v) is 7.85. The minimum absolute atomic E-state index is 0.171. The molecule has 1 aliphatic heterocycles. The highest BCUT2D eigenvalue weighted by Crippen LogP contribution is 2.23. The van der Waals surface area contributed by atoms with Crippen molar-refractivity contribution in [3.8, 4) is 0 Å². The van der Waals surface area contributed by atoms with Crippen LogP contribution >= 0.6 is 15.9 Å². The van der Waals surface area contributed by atoms with Crippen molar-refractivity contribution in [3.63, 3.8) is 0 Å². The Balaban J connectivity index is 1.72. The molecule has 2 aromatic rings. The van der Waals surface area contributed by atoms with E-state index in [4.69, 9.17) is 4.42 Å². The molecule has 1 aromatic carbocycles. The Morgan fingerprint density at radius 2 is 2.14 bits per heavy atom. The van der Waals surface area contributed by atoms with Crippen LogP contribution in [-0.4, -0.2) is 29.3 Å². The van der Waals surface area contributed by atoms with Crippen molar-refractivity contribution in [2.75, 3.05) is 11.9 Å². The molecule has 0 bridgehead atoms. The van der Waals surface area contributed by atoms with E-state index in [1.54, 1.807) is 17.0 Å². The van der Waals surface area contributed by atoms with Gasteiger partial charge in [0.1, 0.15) is 6.04 Å². The second kappa shape index (κ2) is 6.36. The van der Waals surface area contributed by atoms with Gasteiger partial charge in [0.2, 0.25) is 5.91 Å². The van der Waals surface area contributed by atoms with Crippen LogP contribution < -0.4 is 5.32 Å². The molecule has 0 saturated carbocycles. The summed E-state index contributed by atoms with van der Waals surface area (Å²) in [4.78, 5) is 26.4. The molecular weight excluding hydrogens is 348 g/mol. The second-order valence-corrected chi connectivity index (χ2v) is 6.05. The van der Waals surface area contributed by atoms with Crippen LogP contribution in [0.5, 0.6) is 0 Å². The molecule has 1 aromatic heterocycles. The lowest BCUT2D eigenvalue weighted by atomic mass is 10.2. The molecule has 3 rings (SSSR count). The number of nitrogens with one attached hydrogen (secondary N) is 1. The van der Waals surface area contributed by atoms with Gasteiger partial charge in [-0.25, -0.2) is 0 Å². The van der Waals surface area contributed by atoms with Crippen molar-refractivity contribution in [3.05, 3.63) is 52.9 Å². The summed E-state index contributed by atoms with van der Waals surface area (Å²) in [6, 6.07) is 10.2. The third-order valence-corrected chi connectivity index (χ3v) is 4.13. The second-order valence-electron chi connectivity index (χ2n) is 5.13. The van der Waals surface area contributed by atoms with Crippen LogP contribution in [-0.2, 0) is 4.79 Å². The Morgan fingerprint density at radius 3 is 2.86 bits per heavy atom. The van der Waals surface area contributed by atoms with E-state index in [9.17, 15) is 9.59 Å². The van der Waals surface area contributed by atoms with E-state index in [0.717, 1.165) is 10.9 Å². The zero-order valence-corrected chi connectivity index (χ0v) is 13.4. The number of anilines is 1. The number of halogens is 1. The predicted molar refractivity (Wildman–Crippen MR) is 85.5 cm³/mol. The SMILES string of the molecule is O=C(Nc1cccc(Br)c1)[C@@H]1CCCN1C(=O)c1ccco1. The van der Waals surface area contributed by atoms with Gasteiger partial charge >= 0.3 is 0 Å². The largest absolute Gasteiger partial charge is 0.459 e. The first kappa shape index (κ1) is 14.8. The number of carbonyl (C=O) groups excluding carboxylic acids is 2. The molecule has 0 radical (unpaired) electrons. The molecule has 1 aliphatic rings. The normalized spacial score (nSPS) is 17.5. The fraction of sp³-hybridized carbons (Fsp3) is 0.250. The Kier molecular flexibility index (Phi) is 4.29. The molecule has 2 heterocycles. The summed E-state index contributed by atoms with van der Waals surface area (Å²) in [5.41, 5.74) is 0.705. The van der Waals surface area contributed by atoms with Gasteiger partial charge in [0.25, 0.3) is 5.91 Å². The molecule has 5 nitrogen and oxygen atoms in total. The molecule has 114 valence electrons. The predicted octanol–water partition coefficient (Wildman–Crippen LogP) is 3.29. The topological polar surface area (TPSA) is 62.6 Å². The standard InChI is InChI=1S/C16H15BrN2O3/c17-11-4-1-5-12(10-11)18-15(20)13-6-2-8-19(13)16(21)14-7-3-9-22-14/h1,3-5,7,9-10,13H,2,6,8H2,(H,18,20)/t13-/m0/s1. The van der Waals surface area contributed by atoms with Crippen LogP contribution in [0.4, 0.5) is 5.69 Å². The van der Waals surface area contributed by atoms with E-state index in [0.29, 0.717) is 18.7 Å². The van der Waals surface area contributed by atoms with E-state index in [1.807, 2.05) is 24.3 Å². The molecular formula is C16H15BrN2O3. The van der Waals surface area contributed by atoms with E-state index in [-0.39, 0.29) is 17.6 Å². The number of benzene rings is 1. The van der Waals surface area contributed by atoms with Gasteiger partial charge in [0.05, 0.1) is 6.26 Å². The fourth-order valence-electron chi connectivity index (χ4n) is 2.62. The van der Waals surface area contributed by atoms with Gasteiger partial charge in [-0.2, -0.15) is 0 Å². The first-order chi connectivity index (χ1) is 10.6. The number of carbonyl (C=O) groups is 2. The molecule has 1 N–H and O–H groups in total. The minimum atomic E-state index is -0.461. The van der Waals surface area contributed by atoms with Gasteiger partial charge in [-0.05, 0) is 43.2 Å². The van der Waals surface area contributed by atoms with Gasteiger partial charge in [0, 0.05) is 16.7 Å². The third kappa shape index (κ3) is 3.06. The van der Waals surface area contributed by atoms with Gasteiger partial charge in [0.15, 0.2) is 5.76 Å². The molecule has 1 atom stereocenters. The highest BCUT2D eigenvalue weighted by atomic mass is 79.9. The lowest BCUT2D eigenvalue weighted by Crippen LogP contribution is -2.43. The minimum Gasteiger partial charge on any atom is -0.459 e. The van der Waals surface area contributed by atoms with Gasteiger partial charge in [-0.1, -0.05) is 22.0 Å². The zero-order chi connectivity index (χ0) is 15.5. The van der Waals surface area contributed by atoms with Crippen LogP contribution in [0.25, 0.3) is 0 Å². The average molecular weight is 363 g/mol. The van der Waals surface area contributed by atoms with Crippen LogP contribution in [0.3, 0.4) is 0 Å². The lowest BCUT2D eigenvalue weighted by Gasteiger charge is -2.23. The molecule has 0 aliphatic carbocycles. The molecule has 22 heavy (non-hydrogen) atoms. The summed E-state index contributed by atoms with van der Waals surface area (Å²) in [5.74, 6) is -0.144. The van der Waals surface area contributed by atoms with E-state index >= 15 is 0 Å². The average Bonchev–Trinajstić information content (AvgIpc) is 3.18. The quantitative estimate of drug-likeness (QED) is 0.910. The molecule has 1 saturated heterocycles. The maximum Gasteiger partial charge on any atom is 0.290 e. The Labute approximate surface area is 136 Å². The Bertz CT molecular complexity index is 684. The van der Waals surface area contributed by atoms with E-state index in [2.05, 4.69) is 21.2 Å². The molecule has 0 spiro atoms. The summed E-state index contributed by atoms with van der Waals surface area (Å²) >= 11 is 3.37. The van der Waals surface area contributed by atoms with Gasteiger partial charge in [-0.15, -0.1) is 0 Å². The van der Waals surface area contributed by atoms with E-state index < -0.39 is 6.04 Å². The van der Waals surface area contributed by atoms with Crippen LogP contribution in [0.2, 0.25) is 0 Å². The summed E-state index contributed by atoms with van der Waals surface area (Å²) in [6.45, 7) is 0.566. The monoisotopic (exact) mass is 362 g/mol. The maximum atomic E-state index is 12.5. The Hall–Kier alpha value is -2.08. The number of likely N-dealkylation sites (tertiary alicyclic amines) is 1. The number of hydrogen-bond acceptors (Lipinski definition) is 3. The van der Waals surface area contributed by atoms with E-state index in [1.165, 1.54) is 6.26 Å². The lowest BCUT2D eigenvalue weighted by molar-refractivity contribution is -0.119. The first-order valence-electron chi connectivity index (χ1n) is 7.06. The molecule has 1 fully saturated rings. The summed E-state index contributed by atoms with van der Waals surface area (Å²) < 4.78 is 6.03. The number of nitrogens with zero attached hydrogens (tertiary/aromatic N) is 1. The summed E-state index contributed by atoms with van der Waals surface area (Å²) in [6.07, 6.45) is 2.93. The number of amides is 2. The van der Waals surface area contributed by atoms with Crippen LogP contribution in [0.1, 0.15) is 23.4 Å². The van der Waals surface area contributed by atoms with Gasteiger partial charge < -0.3 is 14.6 Å². The van der Waals surface area contributed by atoms with Crippen molar-refractivity contribution in [1.82, 2.24) is 4.90 Å². The fourth-order valence-corrected chi connectivity index (χ4v) is 3.02. The zero-order valence-electron chi connectivity index (χ0n) is 11.8. The van der Waals surface area contributed by atoms with Crippen molar-refractivity contribution < 1.29 is 14.0 Å². The summed E-state index contributed by atoms with van der Waals surface area (Å²) in [7, 11) is 0. The molecule has 6 heteroatoms. The Morgan fingerprint density at radius 1 is 1.27 bits per heavy atom. The number of furan rings is 1. The van der Waals surface area contributed by atoms with Crippen molar-refractivity contribution >= 4 is 33.4 Å². The van der Waals surface area contributed by atoms with Crippen LogP contribution in [0.15, 0.2) is 51.6 Å². The maximum absolute atomic E-state index is 12.5. The third-order valence-electron chi connectivity index (χ3n) is 3.64. The molecule has 2 amide bonds. The number of hydrogen-bond donors (Lipinski definition) is 1. The van der Waals surface area contributed by atoms with Gasteiger partial charge in [-0.3, -0.25) is 9.59 Å². The van der Waals surface area contributed by atoms with Crippen LogP contribution in [0, 0.1) is 0 Å². The molecule has 0 unspecified atom stereocenters. The highest BCUT2D eigenvalue weighted by Gasteiger charge is 2.35. The highest BCUT2D eigenvalue weighted by molar-refractivity contribution is 9.10. The summed E-state index contributed by atoms with van der Waals surface area (Å²) in [5, 5.41) is 2.86. The number of rotatable bonds is 3. The van der Waals surface area contributed by atoms with Crippen molar-refractivity contribution in [1.29, 1.82) is 0 Å². The van der Waals surface area contributed by atoms with Crippen molar-refractivity contribution in [2.45, 2.75) is 18.9 Å². The smallest absolute Gasteiger partial charge is 0.290 e.